The molecular formula is C23H24ClNO5. The number of rotatable bonds is 6. The van der Waals surface area contributed by atoms with E-state index in [9.17, 15) is 14.7 Å². The zero-order valence-corrected chi connectivity index (χ0v) is 18.1. The fourth-order valence-corrected chi connectivity index (χ4v) is 3.72. The summed E-state index contributed by atoms with van der Waals surface area (Å²) in [6.07, 6.45) is 0. The Labute approximate surface area is 180 Å². The number of hydrogen-bond donors (Lipinski definition) is 1. The lowest BCUT2D eigenvalue weighted by molar-refractivity contribution is -0.140. The third-order valence-corrected chi connectivity index (χ3v) is 5.21. The zero-order chi connectivity index (χ0) is 22.0. The van der Waals surface area contributed by atoms with Crippen LogP contribution in [0.3, 0.4) is 0 Å². The molecule has 1 heterocycles. The molecule has 1 atom stereocenters. The zero-order valence-electron chi connectivity index (χ0n) is 17.3. The highest BCUT2D eigenvalue weighted by Gasteiger charge is 2.47. The highest BCUT2D eigenvalue weighted by Crippen LogP contribution is 2.44. The second-order valence-corrected chi connectivity index (χ2v) is 7.90. The summed E-state index contributed by atoms with van der Waals surface area (Å²) in [6.45, 7) is 4.27. The lowest BCUT2D eigenvalue weighted by Gasteiger charge is -2.28. The minimum absolute atomic E-state index is 0.0199. The van der Waals surface area contributed by atoms with Gasteiger partial charge in [-0.15, -0.1) is 0 Å². The van der Waals surface area contributed by atoms with Crippen molar-refractivity contribution in [3.05, 3.63) is 64.2 Å². The van der Waals surface area contributed by atoms with Crippen LogP contribution in [0.15, 0.2) is 48.0 Å². The van der Waals surface area contributed by atoms with Gasteiger partial charge in [0.1, 0.15) is 17.3 Å². The molecule has 2 aromatic rings. The van der Waals surface area contributed by atoms with Gasteiger partial charge in [0.05, 0.1) is 25.8 Å². The van der Waals surface area contributed by atoms with Crippen molar-refractivity contribution < 1.29 is 24.2 Å². The molecule has 1 saturated heterocycles. The molecule has 1 unspecified atom stereocenters. The van der Waals surface area contributed by atoms with Crippen LogP contribution in [0, 0.1) is 5.92 Å². The molecule has 0 aliphatic carbocycles. The first-order valence-corrected chi connectivity index (χ1v) is 9.92. The summed E-state index contributed by atoms with van der Waals surface area (Å²) in [5.74, 6) is -0.483. The first kappa shape index (κ1) is 21.7. The van der Waals surface area contributed by atoms with E-state index in [4.69, 9.17) is 21.1 Å². The van der Waals surface area contributed by atoms with Crippen molar-refractivity contribution in [3.63, 3.8) is 0 Å². The molecule has 0 bridgehead atoms. The molecule has 0 aromatic heterocycles. The lowest BCUT2D eigenvalue weighted by Crippen LogP contribution is -2.33. The van der Waals surface area contributed by atoms with E-state index in [1.54, 1.807) is 49.6 Å². The van der Waals surface area contributed by atoms with E-state index in [0.29, 0.717) is 34.2 Å². The molecule has 2 aromatic carbocycles. The van der Waals surface area contributed by atoms with Crippen LogP contribution in [0.4, 0.5) is 0 Å². The van der Waals surface area contributed by atoms with E-state index in [1.807, 2.05) is 13.8 Å². The molecule has 30 heavy (non-hydrogen) atoms. The summed E-state index contributed by atoms with van der Waals surface area (Å²) < 4.78 is 10.8. The maximum atomic E-state index is 13.0. The highest BCUT2D eigenvalue weighted by molar-refractivity contribution is 6.46. The Bertz CT molecular complexity index is 997. The lowest BCUT2D eigenvalue weighted by atomic mass is 9.94. The molecule has 6 nitrogen and oxygen atoms in total. The number of aliphatic hydroxyl groups excluding tert-OH is 1. The highest BCUT2D eigenvalue weighted by atomic mass is 35.5. The number of hydrogen-bond acceptors (Lipinski definition) is 5. The maximum Gasteiger partial charge on any atom is 0.295 e. The Balaban J connectivity index is 2.24. The predicted molar refractivity (Wildman–Crippen MR) is 115 cm³/mol. The van der Waals surface area contributed by atoms with Gasteiger partial charge in [0, 0.05) is 28.8 Å². The molecule has 0 saturated carbocycles. The first-order chi connectivity index (χ1) is 14.3. The Kier molecular flexibility index (Phi) is 6.37. The summed E-state index contributed by atoms with van der Waals surface area (Å²) in [6, 6.07) is 10.8. The predicted octanol–water partition coefficient (Wildman–Crippen LogP) is 4.43. The number of carbonyl (C=O) groups is 2. The Morgan fingerprint density at radius 1 is 1.10 bits per heavy atom. The number of benzene rings is 2. The van der Waals surface area contributed by atoms with Crippen LogP contribution < -0.4 is 9.47 Å². The van der Waals surface area contributed by atoms with E-state index in [-0.39, 0.29) is 17.3 Å². The number of aliphatic hydroxyl groups is 1. The van der Waals surface area contributed by atoms with Crippen molar-refractivity contribution >= 4 is 29.1 Å². The van der Waals surface area contributed by atoms with Gasteiger partial charge in [-0.3, -0.25) is 9.59 Å². The molecule has 1 amide bonds. The van der Waals surface area contributed by atoms with Gasteiger partial charge < -0.3 is 19.5 Å². The van der Waals surface area contributed by atoms with Crippen LogP contribution in [0.1, 0.15) is 31.0 Å². The fourth-order valence-electron chi connectivity index (χ4n) is 3.59. The number of Topliss-reactive ketones (excluding diaryl/α,β-unsaturated/α-hetero) is 1. The maximum absolute atomic E-state index is 13.0. The van der Waals surface area contributed by atoms with Crippen LogP contribution in [-0.2, 0) is 9.59 Å². The topological polar surface area (TPSA) is 76.1 Å². The largest absolute Gasteiger partial charge is 0.507 e. The average molecular weight is 430 g/mol. The smallest absolute Gasteiger partial charge is 0.295 e. The van der Waals surface area contributed by atoms with Crippen molar-refractivity contribution in [1.29, 1.82) is 0 Å². The normalized spacial score (nSPS) is 18.2. The number of carbonyl (C=O) groups excluding carboxylic acids is 2. The van der Waals surface area contributed by atoms with Crippen molar-refractivity contribution in [2.24, 2.45) is 5.92 Å². The monoisotopic (exact) mass is 429 g/mol. The van der Waals surface area contributed by atoms with Gasteiger partial charge in [0.15, 0.2) is 0 Å². The molecule has 1 fully saturated rings. The number of halogens is 1. The SMILES string of the molecule is COc1ccc(C2/C(=C(\O)c3ccc(Cl)cc3)C(=O)C(=O)N2CC(C)C)c(OC)c1. The quantitative estimate of drug-likeness (QED) is 0.417. The van der Waals surface area contributed by atoms with E-state index in [1.165, 1.54) is 12.0 Å². The van der Waals surface area contributed by atoms with Gasteiger partial charge in [-0.2, -0.15) is 0 Å². The van der Waals surface area contributed by atoms with Gasteiger partial charge >= 0.3 is 0 Å². The van der Waals surface area contributed by atoms with E-state index >= 15 is 0 Å². The molecule has 3 rings (SSSR count). The minimum Gasteiger partial charge on any atom is -0.507 e. The minimum atomic E-state index is -0.788. The van der Waals surface area contributed by atoms with Crippen LogP contribution in [0.25, 0.3) is 5.76 Å². The van der Waals surface area contributed by atoms with E-state index in [2.05, 4.69) is 0 Å². The summed E-state index contributed by atoms with van der Waals surface area (Å²) >= 11 is 5.95. The summed E-state index contributed by atoms with van der Waals surface area (Å²) in [5, 5.41) is 11.5. The van der Waals surface area contributed by atoms with Gasteiger partial charge in [0.25, 0.3) is 11.7 Å². The number of ether oxygens (including phenoxy) is 2. The van der Waals surface area contributed by atoms with Gasteiger partial charge in [-0.05, 0) is 42.3 Å². The van der Waals surface area contributed by atoms with E-state index < -0.39 is 17.7 Å². The summed E-state index contributed by atoms with van der Waals surface area (Å²) in [7, 11) is 3.05. The molecule has 1 N–H and O–H groups in total. The van der Waals surface area contributed by atoms with Crippen LogP contribution in [0.2, 0.25) is 5.02 Å². The molecule has 0 radical (unpaired) electrons. The van der Waals surface area contributed by atoms with Crippen molar-refractivity contribution in [3.8, 4) is 11.5 Å². The fraction of sp³-hybridized carbons (Fsp3) is 0.304. The Hall–Kier alpha value is -2.99. The Morgan fingerprint density at radius 3 is 2.33 bits per heavy atom. The van der Waals surface area contributed by atoms with Crippen LogP contribution >= 0.6 is 11.6 Å². The average Bonchev–Trinajstić information content (AvgIpc) is 2.97. The molecule has 1 aliphatic rings. The Morgan fingerprint density at radius 2 is 1.77 bits per heavy atom. The van der Waals surface area contributed by atoms with Gasteiger partial charge in [-0.25, -0.2) is 0 Å². The number of ketones is 1. The van der Waals surface area contributed by atoms with Gasteiger partial charge in [0.2, 0.25) is 0 Å². The van der Waals surface area contributed by atoms with Gasteiger partial charge in [-0.1, -0.05) is 25.4 Å². The second kappa shape index (κ2) is 8.79. The third-order valence-electron chi connectivity index (χ3n) is 4.95. The van der Waals surface area contributed by atoms with E-state index in [0.717, 1.165) is 0 Å². The number of nitrogens with zero attached hydrogens (tertiary/aromatic N) is 1. The second-order valence-electron chi connectivity index (χ2n) is 7.46. The molecule has 0 spiro atoms. The van der Waals surface area contributed by atoms with Crippen molar-refractivity contribution in [1.82, 2.24) is 4.90 Å². The number of methoxy groups -OCH3 is 2. The van der Waals surface area contributed by atoms with Crippen LogP contribution in [-0.4, -0.2) is 42.5 Å². The molecule has 158 valence electrons. The van der Waals surface area contributed by atoms with Crippen LogP contribution in [0.5, 0.6) is 11.5 Å². The van der Waals surface area contributed by atoms with Crippen molar-refractivity contribution in [2.45, 2.75) is 19.9 Å². The summed E-state index contributed by atoms with van der Waals surface area (Å²) in [5.41, 5.74) is 1.01. The molecule has 7 heteroatoms. The van der Waals surface area contributed by atoms with Crippen molar-refractivity contribution in [2.75, 3.05) is 20.8 Å². The molecular weight excluding hydrogens is 406 g/mol. The number of amides is 1. The summed E-state index contributed by atoms with van der Waals surface area (Å²) in [4.78, 5) is 27.4. The molecule has 1 aliphatic heterocycles. The standard InChI is InChI=1S/C23H24ClNO5/c1-13(2)12-25-20(17-10-9-16(29-3)11-18(17)30-4)19(22(27)23(25)28)21(26)14-5-7-15(24)8-6-14/h5-11,13,20,26H,12H2,1-4H3/b21-19+. The first-order valence-electron chi connectivity index (χ1n) is 9.54. The third kappa shape index (κ3) is 4.00. The number of likely N-dealkylation sites (tertiary alicyclic amines) is 1.